The van der Waals surface area contributed by atoms with E-state index in [0.717, 1.165) is 74.3 Å². The Balaban J connectivity index is 1.46. The van der Waals surface area contributed by atoms with Gasteiger partial charge in [0.15, 0.2) is 0 Å². The summed E-state index contributed by atoms with van der Waals surface area (Å²) in [7, 11) is 0. The maximum Gasteiger partial charge on any atom is 0.255 e. The number of nitrogens with one attached hydrogen (secondary N) is 1. The lowest BCUT2D eigenvalue weighted by Crippen LogP contribution is -2.47. The lowest BCUT2D eigenvalue weighted by molar-refractivity contribution is 0.0618. The van der Waals surface area contributed by atoms with Crippen LogP contribution in [0.2, 0.25) is 0 Å². The van der Waals surface area contributed by atoms with Crippen LogP contribution in [0, 0.1) is 6.92 Å². The first kappa shape index (κ1) is 16.2. The SMILES string of the molecule is Cc1oc2c(c1C(=O)N[C@@H]1CC[C@@H](N3CCCC3)[C@@H]1O)CCCC2. The fourth-order valence-electron chi connectivity index (χ4n) is 4.83. The van der Waals surface area contributed by atoms with Crippen LogP contribution in [0.15, 0.2) is 4.42 Å². The molecule has 1 saturated heterocycles. The molecule has 0 spiro atoms. The third-order valence-electron chi connectivity index (χ3n) is 6.08. The lowest BCUT2D eigenvalue weighted by atomic mass is 9.94. The molecule has 5 heteroatoms. The monoisotopic (exact) mass is 332 g/mol. The van der Waals surface area contributed by atoms with E-state index in [0.29, 0.717) is 0 Å². The molecule has 24 heavy (non-hydrogen) atoms. The molecule has 1 aromatic heterocycles. The van der Waals surface area contributed by atoms with Crippen LogP contribution >= 0.6 is 0 Å². The molecule has 0 aromatic carbocycles. The number of likely N-dealkylation sites (tertiary alicyclic amines) is 1. The standard InChI is InChI=1S/C19H28N2O3/c1-12-17(13-6-2-3-7-16(13)24-12)19(23)20-14-8-9-15(18(14)22)21-10-4-5-11-21/h14-15,18,22H,2-11H2,1H3,(H,20,23)/t14-,15-,18-/m1/s1. The second kappa shape index (κ2) is 6.52. The first-order chi connectivity index (χ1) is 11.6. The van der Waals surface area contributed by atoms with Gasteiger partial charge in [-0.25, -0.2) is 0 Å². The van der Waals surface area contributed by atoms with E-state index in [9.17, 15) is 9.90 Å². The molecule has 0 unspecified atom stereocenters. The Bertz CT molecular complexity index is 618. The van der Waals surface area contributed by atoms with E-state index < -0.39 is 6.10 Å². The molecule has 0 radical (unpaired) electrons. The van der Waals surface area contributed by atoms with Crippen LogP contribution in [0.3, 0.4) is 0 Å². The van der Waals surface area contributed by atoms with Crippen LogP contribution in [-0.4, -0.2) is 47.2 Å². The van der Waals surface area contributed by atoms with E-state index in [-0.39, 0.29) is 18.0 Å². The van der Waals surface area contributed by atoms with Gasteiger partial charge in [-0.3, -0.25) is 9.69 Å². The molecule has 5 nitrogen and oxygen atoms in total. The highest BCUT2D eigenvalue weighted by Gasteiger charge is 2.40. The number of amides is 1. The summed E-state index contributed by atoms with van der Waals surface area (Å²) in [6, 6.07) is 0.0637. The number of aryl methyl sites for hydroxylation is 2. The minimum atomic E-state index is -0.463. The van der Waals surface area contributed by atoms with E-state index in [2.05, 4.69) is 10.2 Å². The van der Waals surface area contributed by atoms with Gasteiger partial charge < -0.3 is 14.8 Å². The van der Waals surface area contributed by atoms with Gasteiger partial charge in [-0.05, 0) is 65.0 Å². The maximum absolute atomic E-state index is 12.8. The Morgan fingerprint density at radius 2 is 1.92 bits per heavy atom. The summed E-state index contributed by atoms with van der Waals surface area (Å²) in [5.74, 6) is 1.65. The number of aliphatic hydroxyl groups is 1. The highest BCUT2D eigenvalue weighted by atomic mass is 16.3. The molecule has 3 atom stereocenters. The molecular weight excluding hydrogens is 304 g/mol. The van der Waals surface area contributed by atoms with Crippen LogP contribution < -0.4 is 5.32 Å². The van der Waals surface area contributed by atoms with Gasteiger partial charge in [0, 0.05) is 18.0 Å². The van der Waals surface area contributed by atoms with E-state index in [1.165, 1.54) is 12.8 Å². The minimum Gasteiger partial charge on any atom is -0.465 e. The predicted molar refractivity (Wildman–Crippen MR) is 91.2 cm³/mol. The second-order valence-electron chi connectivity index (χ2n) is 7.60. The van der Waals surface area contributed by atoms with Gasteiger partial charge in [0.1, 0.15) is 11.5 Å². The van der Waals surface area contributed by atoms with Crippen molar-refractivity contribution >= 4 is 5.91 Å². The van der Waals surface area contributed by atoms with E-state index in [1.807, 2.05) is 6.92 Å². The van der Waals surface area contributed by atoms with Crippen LogP contribution in [0.25, 0.3) is 0 Å². The van der Waals surface area contributed by atoms with Crippen molar-refractivity contribution in [1.29, 1.82) is 0 Å². The fourth-order valence-corrected chi connectivity index (χ4v) is 4.83. The molecule has 1 aliphatic heterocycles. The van der Waals surface area contributed by atoms with Gasteiger partial charge in [-0.2, -0.15) is 0 Å². The molecular formula is C19H28N2O3. The van der Waals surface area contributed by atoms with Crippen molar-refractivity contribution in [2.45, 2.75) is 76.5 Å². The quantitative estimate of drug-likeness (QED) is 0.890. The zero-order valence-corrected chi connectivity index (χ0v) is 14.5. The van der Waals surface area contributed by atoms with Crippen molar-refractivity contribution in [3.8, 4) is 0 Å². The molecule has 132 valence electrons. The third kappa shape index (κ3) is 2.78. The topological polar surface area (TPSA) is 65.7 Å². The number of hydrogen-bond donors (Lipinski definition) is 2. The number of carbonyl (C=O) groups is 1. The van der Waals surface area contributed by atoms with Crippen LogP contribution in [-0.2, 0) is 12.8 Å². The van der Waals surface area contributed by atoms with Crippen molar-refractivity contribution in [1.82, 2.24) is 10.2 Å². The Labute approximate surface area is 143 Å². The average Bonchev–Trinajstić information content (AvgIpc) is 3.26. The zero-order chi connectivity index (χ0) is 16.7. The molecule has 2 fully saturated rings. The highest BCUT2D eigenvalue weighted by Crippen LogP contribution is 2.31. The fraction of sp³-hybridized carbons (Fsp3) is 0.737. The van der Waals surface area contributed by atoms with Gasteiger partial charge >= 0.3 is 0 Å². The van der Waals surface area contributed by atoms with E-state index in [1.54, 1.807) is 0 Å². The Morgan fingerprint density at radius 3 is 2.71 bits per heavy atom. The van der Waals surface area contributed by atoms with Gasteiger partial charge in [0.2, 0.25) is 0 Å². The number of hydrogen-bond acceptors (Lipinski definition) is 4. The molecule has 2 heterocycles. The summed E-state index contributed by atoms with van der Waals surface area (Å²) in [6.45, 7) is 4.04. The minimum absolute atomic E-state index is 0.0643. The second-order valence-corrected chi connectivity index (χ2v) is 7.60. The van der Waals surface area contributed by atoms with Crippen molar-refractivity contribution in [3.05, 3.63) is 22.6 Å². The molecule has 2 aliphatic carbocycles. The largest absolute Gasteiger partial charge is 0.465 e. The first-order valence-electron chi connectivity index (χ1n) is 9.49. The molecule has 3 aliphatic rings. The highest BCUT2D eigenvalue weighted by molar-refractivity contribution is 5.97. The number of nitrogens with zero attached hydrogens (tertiary/aromatic N) is 1. The molecule has 4 rings (SSSR count). The molecule has 2 N–H and O–H groups in total. The number of rotatable bonds is 3. The summed E-state index contributed by atoms with van der Waals surface area (Å²) >= 11 is 0. The van der Waals surface area contributed by atoms with Crippen molar-refractivity contribution in [2.24, 2.45) is 0 Å². The Morgan fingerprint density at radius 1 is 1.17 bits per heavy atom. The molecule has 1 saturated carbocycles. The van der Waals surface area contributed by atoms with E-state index >= 15 is 0 Å². The predicted octanol–water partition coefficient (Wildman–Crippen LogP) is 2.18. The van der Waals surface area contributed by atoms with Crippen LogP contribution in [0.5, 0.6) is 0 Å². The smallest absolute Gasteiger partial charge is 0.255 e. The number of furan rings is 1. The number of aliphatic hydroxyl groups excluding tert-OH is 1. The summed E-state index contributed by atoms with van der Waals surface area (Å²) in [5, 5.41) is 13.8. The normalized spacial score (nSPS) is 30.5. The zero-order valence-electron chi connectivity index (χ0n) is 14.5. The van der Waals surface area contributed by atoms with Crippen molar-refractivity contribution in [3.63, 3.8) is 0 Å². The lowest BCUT2D eigenvalue weighted by Gasteiger charge is -2.28. The molecule has 0 bridgehead atoms. The van der Waals surface area contributed by atoms with Crippen LogP contribution in [0.4, 0.5) is 0 Å². The molecule has 1 amide bonds. The van der Waals surface area contributed by atoms with Gasteiger partial charge in [-0.1, -0.05) is 0 Å². The number of carbonyl (C=O) groups excluding carboxylic acids is 1. The Kier molecular flexibility index (Phi) is 4.39. The Hall–Kier alpha value is -1.33. The summed E-state index contributed by atoms with van der Waals surface area (Å²) in [5.41, 5.74) is 1.82. The van der Waals surface area contributed by atoms with Gasteiger partial charge in [-0.15, -0.1) is 0 Å². The maximum atomic E-state index is 12.8. The van der Waals surface area contributed by atoms with Crippen molar-refractivity contribution in [2.75, 3.05) is 13.1 Å². The van der Waals surface area contributed by atoms with Crippen LogP contribution in [0.1, 0.15) is 66.0 Å². The summed E-state index contributed by atoms with van der Waals surface area (Å²) in [6.07, 6.45) is 7.93. The van der Waals surface area contributed by atoms with Gasteiger partial charge in [0.25, 0.3) is 5.91 Å². The number of fused-ring (bicyclic) bond motifs is 1. The van der Waals surface area contributed by atoms with Crippen molar-refractivity contribution < 1.29 is 14.3 Å². The third-order valence-corrected chi connectivity index (χ3v) is 6.08. The molecule has 1 aromatic rings. The van der Waals surface area contributed by atoms with Gasteiger partial charge in [0.05, 0.1) is 17.7 Å². The summed E-state index contributed by atoms with van der Waals surface area (Å²) < 4.78 is 5.82. The first-order valence-corrected chi connectivity index (χ1v) is 9.49. The average molecular weight is 332 g/mol. The van der Waals surface area contributed by atoms with E-state index in [4.69, 9.17) is 4.42 Å². The summed E-state index contributed by atoms with van der Waals surface area (Å²) in [4.78, 5) is 15.2.